The average Bonchev–Trinajstić information content (AvgIpc) is 1.97. The van der Waals surface area contributed by atoms with E-state index in [9.17, 15) is 0 Å². The highest BCUT2D eigenvalue weighted by atomic mass is 14.6. The summed E-state index contributed by atoms with van der Waals surface area (Å²) in [5.41, 5.74) is 11.0. The maximum atomic E-state index is 5.90. The predicted octanol–water partition coefficient (Wildman–Crippen LogP) is 2.60. The molecule has 0 aromatic carbocycles. The molecule has 0 radical (unpaired) electrons. The molecule has 0 aliphatic heterocycles. The van der Waals surface area contributed by atoms with Crippen molar-refractivity contribution in [3.05, 3.63) is 22.4 Å². The van der Waals surface area contributed by atoms with E-state index in [2.05, 4.69) is 27.7 Å². The van der Waals surface area contributed by atoms with E-state index in [1.54, 1.807) is 0 Å². The molecule has 0 saturated heterocycles. The Hall–Kier alpha value is -0.720. The SMILES string of the molecule is CC1=C(N)C(C)=C(C)C(C)C1. The first-order valence-corrected chi connectivity index (χ1v) is 4.17. The summed E-state index contributed by atoms with van der Waals surface area (Å²) in [6.07, 6.45) is 1.13. The van der Waals surface area contributed by atoms with Gasteiger partial charge in [0.15, 0.2) is 0 Å². The molecule has 2 N–H and O–H groups in total. The third-order valence-electron chi connectivity index (χ3n) is 2.81. The van der Waals surface area contributed by atoms with Crippen molar-refractivity contribution in [2.45, 2.75) is 34.1 Å². The third-order valence-corrected chi connectivity index (χ3v) is 2.81. The Bertz CT molecular complexity index is 233. The molecule has 0 heterocycles. The van der Waals surface area contributed by atoms with Gasteiger partial charge in [0.2, 0.25) is 0 Å². The Morgan fingerprint density at radius 3 is 2.36 bits per heavy atom. The molecule has 1 atom stereocenters. The first-order chi connectivity index (χ1) is 5.04. The van der Waals surface area contributed by atoms with Gasteiger partial charge in [-0.3, -0.25) is 0 Å². The van der Waals surface area contributed by atoms with Crippen LogP contribution in [0.5, 0.6) is 0 Å². The van der Waals surface area contributed by atoms with Crippen LogP contribution in [0.4, 0.5) is 0 Å². The standard InChI is InChI=1S/C10H17N/c1-6-5-7(2)10(11)9(4)8(6)3/h6H,5,11H2,1-4H3. The fourth-order valence-corrected chi connectivity index (χ4v) is 1.62. The lowest BCUT2D eigenvalue weighted by Crippen LogP contribution is -2.14. The molecular weight excluding hydrogens is 134 g/mol. The molecule has 1 aliphatic carbocycles. The predicted molar refractivity (Wildman–Crippen MR) is 49.0 cm³/mol. The Morgan fingerprint density at radius 2 is 1.82 bits per heavy atom. The largest absolute Gasteiger partial charge is 0.399 e. The second kappa shape index (κ2) is 2.72. The van der Waals surface area contributed by atoms with Gasteiger partial charge in [0.25, 0.3) is 0 Å². The van der Waals surface area contributed by atoms with Crippen molar-refractivity contribution in [1.82, 2.24) is 0 Å². The molecule has 0 bridgehead atoms. The Labute approximate surface area is 69.0 Å². The number of hydrogen-bond acceptors (Lipinski definition) is 1. The Kier molecular flexibility index (Phi) is 2.08. The Balaban J connectivity index is 3.07. The summed E-state index contributed by atoms with van der Waals surface area (Å²) >= 11 is 0. The van der Waals surface area contributed by atoms with Gasteiger partial charge in [-0.15, -0.1) is 0 Å². The lowest BCUT2D eigenvalue weighted by atomic mass is 9.84. The van der Waals surface area contributed by atoms with Gasteiger partial charge >= 0.3 is 0 Å². The molecule has 0 aromatic rings. The monoisotopic (exact) mass is 151 g/mol. The van der Waals surface area contributed by atoms with Crippen LogP contribution in [0.15, 0.2) is 22.4 Å². The summed E-state index contributed by atoms with van der Waals surface area (Å²) in [6, 6.07) is 0. The number of rotatable bonds is 0. The van der Waals surface area contributed by atoms with E-state index in [4.69, 9.17) is 5.73 Å². The van der Waals surface area contributed by atoms with Gasteiger partial charge in [0.1, 0.15) is 0 Å². The van der Waals surface area contributed by atoms with E-state index >= 15 is 0 Å². The minimum absolute atomic E-state index is 0.683. The Morgan fingerprint density at radius 1 is 1.27 bits per heavy atom. The molecule has 1 heteroatoms. The van der Waals surface area contributed by atoms with Crippen molar-refractivity contribution in [2.24, 2.45) is 11.7 Å². The minimum Gasteiger partial charge on any atom is -0.399 e. The van der Waals surface area contributed by atoms with E-state index < -0.39 is 0 Å². The van der Waals surface area contributed by atoms with Gasteiger partial charge in [-0.25, -0.2) is 0 Å². The topological polar surface area (TPSA) is 26.0 Å². The smallest absolute Gasteiger partial charge is 0.0332 e. The van der Waals surface area contributed by atoms with Crippen LogP contribution in [0, 0.1) is 5.92 Å². The summed E-state index contributed by atoms with van der Waals surface area (Å²) in [6.45, 7) is 8.68. The van der Waals surface area contributed by atoms with E-state index in [0.717, 1.165) is 12.1 Å². The molecular formula is C10H17N. The van der Waals surface area contributed by atoms with Crippen LogP contribution in [0.3, 0.4) is 0 Å². The second-order valence-electron chi connectivity index (χ2n) is 3.61. The van der Waals surface area contributed by atoms with Crippen LogP contribution in [-0.2, 0) is 0 Å². The molecule has 0 fully saturated rings. The van der Waals surface area contributed by atoms with Crippen LogP contribution < -0.4 is 5.73 Å². The van der Waals surface area contributed by atoms with Crippen molar-refractivity contribution < 1.29 is 0 Å². The zero-order chi connectivity index (χ0) is 8.59. The van der Waals surface area contributed by atoms with E-state index in [0.29, 0.717) is 5.92 Å². The van der Waals surface area contributed by atoms with Gasteiger partial charge < -0.3 is 5.73 Å². The molecule has 0 amide bonds. The highest BCUT2D eigenvalue weighted by molar-refractivity contribution is 5.38. The normalized spacial score (nSPS) is 26.4. The average molecular weight is 151 g/mol. The first kappa shape index (κ1) is 8.38. The summed E-state index contributed by atoms with van der Waals surface area (Å²) < 4.78 is 0. The number of allylic oxidation sites excluding steroid dienone is 3. The third kappa shape index (κ3) is 1.32. The second-order valence-corrected chi connectivity index (χ2v) is 3.61. The van der Waals surface area contributed by atoms with Gasteiger partial charge in [0, 0.05) is 5.70 Å². The van der Waals surface area contributed by atoms with Crippen LogP contribution in [0.2, 0.25) is 0 Å². The van der Waals surface area contributed by atoms with E-state index in [1.165, 1.54) is 16.7 Å². The summed E-state index contributed by atoms with van der Waals surface area (Å²) in [5, 5.41) is 0. The van der Waals surface area contributed by atoms with Crippen LogP contribution in [-0.4, -0.2) is 0 Å². The molecule has 62 valence electrons. The van der Waals surface area contributed by atoms with Crippen molar-refractivity contribution in [3.63, 3.8) is 0 Å². The van der Waals surface area contributed by atoms with Gasteiger partial charge in [-0.2, -0.15) is 0 Å². The molecule has 1 nitrogen and oxygen atoms in total. The summed E-state index contributed by atoms with van der Waals surface area (Å²) in [5.74, 6) is 0.683. The van der Waals surface area contributed by atoms with E-state index in [1.807, 2.05) is 0 Å². The number of hydrogen-bond donors (Lipinski definition) is 1. The minimum atomic E-state index is 0.683. The molecule has 0 saturated carbocycles. The highest BCUT2D eigenvalue weighted by Gasteiger charge is 2.16. The number of nitrogens with two attached hydrogens (primary N) is 1. The van der Waals surface area contributed by atoms with E-state index in [-0.39, 0.29) is 0 Å². The van der Waals surface area contributed by atoms with Crippen molar-refractivity contribution in [3.8, 4) is 0 Å². The molecule has 1 rings (SSSR count). The lowest BCUT2D eigenvalue weighted by molar-refractivity contribution is 0.643. The van der Waals surface area contributed by atoms with Crippen LogP contribution >= 0.6 is 0 Å². The van der Waals surface area contributed by atoms with Crippen molar-refractivity contribution >= 4 is 0 Å². The van der Waals surface area contributed by atoms with Crippen molar-refractivity contribution in [2.75, 3.05) is 0 Å². The maximum Gasteiger partial charge on any atom is 0.0332 e. The van der Waals surface area contributed by atoms with Gasteiger partial charge in [-0.1, -0.05) is 12.5 Å². The molecule has 11 heavy (non-hydrogen) atoms. The fraction of sp³-hybridized carbons (Fsp3) is 0.600. The first-order valence-electron chi connectivity index (χ1n) is 4.17. The van der Waals surface area contributed by atoms with Gasteiger partial charge in [0.05, 0.1) is 0 Å². The van der Waals surface area contributed by atoms with Crippen molar-refractivity contribution in [1.29, 1.82) is 0 Å². The van der Waals surface area contributed by atoms with Crippen LogP contribution in [0.25, 0.3) is 0 Å². The zero-order valence-corrected chi connectivity index (χ0v) is 7.86. The summed E-state index contributed by atoms with van der Waals surface area (Å²) in [4.78, 5) is 0. The zero-order valence-electron chi connectivity index (χ0n) is 7.86. The quantitative estimate of drug-likeness (QED) is 0.566. The fourth-order valence-electron chi connectivity index (χ4n) is 1.62. The lowest BCUT2D eigenvalue weighted by Gasteiger charge is -2.23. The molecule has 1 unspecified atom stereocenters. The summed E-state index contributed by atoms with van der Waals surface area (Å²) in [7, 11) is 0. The highest BCUT2D eigenvalue weighted by Crippen LogP contribution is 2.30. The molecule has 1 aliphatic rings. The van der Waals surface area contributed by atoms with Gasteiger partial charge in [-0.05, 0) is 44.3 Å². The molecule has 0 aromatic heterocycles. The van der Waals surface area contributed by atoms with Crippen LogP contribution in [0.1, 0.15) is 34.1 Å². The molecule has 0 spiro atoms. The maximum absolute atomic E-state index is 5.90.